The van der Waals surface area contributed by atoms with E-state index in [4.69, 9.17) is 27.9 Å². The minimum Gasteiger partial charge on any atom is -0.379 e. The van der Waals surface area contributed by atoms with Crippen molar-refractivity contribution in [3.63, 3.8) is 0 Å². The van der Waals surface area contributed by atoms with Gasteiger partial charge in [0.25, 0.3) is 0 Å². The van der Waals surface area contributed by atoms with Crippen molar-refractivity contribution in [1.29, 1.82) is 0 Å². The first-order valence-corrected chi connectivity index (χ1v) is 13.5. The standard InChI is InChI=1S/C15H22Cl2N2O5S3/c16-14-10-13(15(17)25-14)27(22,23)19(12-2-9-26(20,21)11-12)4-1-3-18-5-7-24-8-6-18/h10,12H,1-9,11H2. The Labute approximate surface area is 174 Å². The lowest BCUT2D eigenvalue weighted by Gasteiger charge is -2.30. The second-order valence-electron chi connectivity index (χ2n) is 6.67. The highest BCUT2D eigenvalue weighted by Crippen LogP contribution is 2.37. The van der Waals surface area contributed by atoms with Crippen LogP contribution in [0.15, 0.2) is 11.0 Å². The van der Waals surface area contributed by atoms with Crippen molar-refractivity contribution in [2.24, 2.45) is 0 Å². The third kappa shape index (κ3) is 5.36. The van der Waals surface area contributed by atoms with Crippen molar-refractivity contribution in [3.8, 4) is 0 Å². The molecule has 7 nitrogen and oxygen atoms in total. The van der Waals surface area contributed by atoms with Gasteiger partial charge in [-0.25, -0.2) is 16.8 Å². The molecule has 2 aliphatic rings. The van der Waals surface area contributed by atoms with Crippen LogP contribution >= 0.6 is 34.5 Å². The number of hydrogen-bond acceptors (Lipinski definition) is 7. The maximum atomic E-state index is 13.2. The molecule has 1 aromatic rings. The first-order chi connectivity index (χ1) is 12.7. The van der Waals surface area contributed by atoms with Crippen molar-refractivity contribution in [1.82, 2.24) is 9.21 Å². The van der Waals surface area contributed by atoms with Crippen LogP contribution in [0.1, 0.15) is 12.8 Å². The van der Waals surface area contributed by atoms with Gasteiger partial charge in [0.05, 0.1) is 29.1 Å². The molecule has 0 bridgehead atoms. The Morgan fingerprint density at radius 3 is 2.56 bits per heavy atom. The van der Waals surface area contributed by atoms with Crippen LogP contribution in [0.5, 0.6) is 0 Å². The number of morpholine rings is 1. The van der Waals surface area contributed by atoms with E-state index in [0.29, 0.717) is 26.1 Å². The third-order valence-corrected chi connectivity index (χ3v) is 10.2. The maximum Gasteiger partial charge on any atom is 0.245 e. The number of rotatable bonds is 7. The monoisotopic (exact) mass is 476 g/mol. The van der Waals surface area contributed by atoms with Crippen LogP contribution in [0.4, 0.5) is 0 Å². The summed E-state index contributed by atoms with van der Waals surface area (Å²) in [6.07, 6.45) is 0.903. The van der Waals surface area contributed by atoms with Gasteiger partial charge in [-0.3, -0.25) is 4.90 Å². The molecular formula is C15H22Cl2N2O5S3. The van der Waals surface area contributed by atoms with Crippen LogP contribution in [0.25, 0.3) is 0 Å². The fourth-order valence-corrected chi connectivity index (χ4v) is 9.04. The number of thiophene rings is 1. The Bertz CT molecular complexity index is 866. The lowest BCUT2D eigenvalue weighted by atomic mass is 10.2. The Balaban J connectivity index is 1.78. The molecule has 0 N–H and O–H groups in total. The molecule has 2 aliphatic heterocycles. The first kappa shape index (κ1) is 21.8. The lowest BCUT2D eigenvalue weighted by molar-refractivity contribution is 0.0367. The molecular weight excluding hydrogens is 455 g/mol. The predicted octanol–water partition coefficient (Wildman–Crippen LogP) is 1.96. The van der Waals surface area contributed by atoms with E-state index in [9.17, 15) is 16.8 Å². The molecule has 154 valence electrons. The van der Waals surface area contributed by atoms with Crippen molar-refractivity contribution >= 4 is 54.4 Å². The number of ether oxygens (including phenoxy) is 1. The fourth-order valence-electron chi connectivity index (χ4n) is 3.40. The number of nitrogens with zero attached hydrogens (tertiary/aromatic N) is 2. The molecule has 1 aromatic heterocycles. The second kappa shape index (κ2) is 8.83. The Morgan fingerprint density at radius 2 is 2.00 bits per heavy atom. The van der Waals surface area contributed by atoms with Crippen LogP contribution in [0.2, 0.25) is 8.67 Å². The average Bonchev–Trinajstić information content (AvgIpc) is 3.13. The normalized spacial score (nSPS) is 23.9. The minimum atomic E-state index is -3.93. The molecule has 0 saturated carbocycles. The van der Waals surface area contributed by atoms with Crippen molar-refractivity contribution < 1.29 is 21.6 Å². The molecule has 0 spiro atoms. The topological polar surface area (TPSA) is 84.0 Å². The highest BCUT2D eigenvalue weighted by molar-refractivity contribution is 7.92. The van der Waals surface area contributed by atoms with E-state index in [-0.39, 0.29) is 31.6 Å². The summed E-state index contributed by atoms with van der Waals surface area (Å²) in [6, 6.07) is 0.766. The minimum absolute atomic E-state index is 0.00523. The van der Waals surface area contributed by atoms with Crippen molar-refractivity contribution in [2.75, 3.05) is 50.9 Å². The summed E-state index contributed by atoms with van der Waals surface area (Å²) >= 11 is 13.0. The smallest absolute Gasteiger partial charge is 0.245 e. The summed E-state index contributed by atoms with van der Waals surface area (Å²) < 4.78 is 57.2. The number of sulfonamides is 1. The van der Waals surface area contributed by atoms with Crippen molar-refractivity contribution in [3.05, 3.63) is 14.7 Å². The van der Waals surface area contributed by atoms with E-state index in [1.54, 1.807) is 0 Å². The van der Waals surface area contributed by atoms with E-state index in [0.717, 1.165) is 31.0 Å². The van der Waals surface area contributed by atoms with Gasteiger partial charge in [0.1, 0.15) is 9.23 Å². The molecule has 0 aliphatic carbocycles. The zero-order valence-corrected chi connectivity index (χ0v) is 18.6. The number of sulfone groups is 1. The van der Waals surface area contributed by atoms with Gasteiger partial charge < -0.3 is 4.74 Å². The zero-order chi connectivity index (χ0) is 19.7. The molecule has 0 radical (unpaired) electrons. The number of hydrogen-bond donors (Lipinski definition) is 0. The molecule has 0 amide bonds. The summed E-state index contributed by atoms with van der Waals surface area (Å²) in [5.74, 6) is -0.148. The Morgan fingerprint density at radius 1 is 1.30 bits per heavy atom. The lowest BCUT2D eigenvalue weighted by Crippen LogP contribution is -2.43. The molecule has 1 atom stereocenters. The summed E-state index contributed by atoms with van der Waals surface area (Å²) in [5, 5.41) is 0. The van der Waals surface area contributed by atoms with Crippen LogP contribution in [0, 0.1) is 0 Å². The zero-order valence-electron chi connectivity index (χ0n) is 14.6. The van der Waals surface area contributed by atoms with Gasteiger partial charge in [0, 0.05) is 25.7 Å². The first-order valence-electron chi connectivity index (χ1n) is 8.66. The molecule has 3 heterocycles. The van der Waals surface area contributed by atoms with Gasteiger partial charge in [0.15, 0.2) is 9.84 Å². The van der Waals surface area contributed by atoms with E-state index < -0.39 is 25.9 Å². The van der Waals surface area contributed by atoms with Gasteiger partial charge in [-0.2, -0.15) is 4.31 Å². The summed E-state index contributed by atoms with van der Waals surface area (Å²) in [6.45, 7) is 3.95. The predicted molar refractivity (Wildman–Crippen MR) is 107 cm³/mol. The molecule has 0 aromatic carbocycles. The van der Waals surface area contributed by atoms with Crippen LogP contribution < -0.4 is 0 Å². The quantitative estimate of drug-likeness (QED) is 0.597. The van der Waals surface area contributed by atoms with Crippen LogP contribution in [0.3, 0.4) is 0 Å². The van der Waals surface area contributed by atoms with E-state index >= 15 is 0 Å². The largest absolute Gasteiger partial charge is 0.379 e. The van der Waals surface area contributed by atoms with Crippen LogP contribution in [-0.2, 0) is 24.6 Å². The van der Waals surface area contributed by atoms with Gasteiger partial charge in [0.2, 0.25) is 10.0 Å². The van der Waals surface area contributed by atoms with Gasteiger partial charge >= 0.3 is 0 Å². The maximum absolute atomic E-state index is 13.2. The molecule has 2 saturated heterocycles. The SMILES string of the molecule is O=S1(=O)CCC(N(CCCN2CCOCC2)S(=O)(=O)c2cc(Cl)sc2Cl)C1. The Hall–Kier alpha value is 0.0600. The van der Waals surface area contributed by atoms with Gasteiger partial charge in [-0.1, -0.05) is 23.2 Å². The fraction of sp³-hybridized carbons (Fsp3) is 0.733. The third-order valence-electron chi connectivity index (χ3n) is 4.78. The second-order valence-corrected chi connectivity index (χ2v) is 13.0. The Kier molecular flexibility index (Phi) is 7.11. The molecule has 3 rings (SSSR count). The van der Waals surface area contributed by atoms with E-state index in [1.807, 2.05) is 0 Å². The van der Waals surface area contributed by atoms with Crippen LogP contribution in [-0.4, -0.2) is 83.0 Å². The summed E-state index contributed by atoms with van der Waals surface area (Å²) in [4.78, 5) is 2.17. The summed E-state index contributed by atoms with van der Waals surface area (Å²) in [5.41, 5.74) is 0. The molecule has 12 heteroatoms. The van der Waals surface area contributed by atoms with Gasteiger partial charge in [-0.05, 0) is 25.5 Å². The molecule has 2 fully saturated rings. The summed E-state index contributed by atoms with van der Waals surface area (Å²) in [7, 11) is -7.15. The highest BCUT2D eigenvalue weighted by Gasteiger charge is 2.39. The number of halogens is 2. The van der Waals surface area contributed by atoms with E-state index in [2.05, 4.69) is 4.90 Å². The van der Waals surface area contributed by atoms with Crippen molar-refractivity contribution in [2.45, 2.75) is 23.8 Å². The van der Waals surface area contributed by atoms with E-state index in [1.165, 1.54) is 10.4 Å². The molecule has 1 unspecified atom stereocenters. The molecule has 27 heavy (non-hydrogen) atoms. The average molecular weight is 477 g/mol. The highest BCUT2D eigenvalue weighted by atomic mass is 35.5. The van der Waals surface area contributed by atoms with Gasteiger partial charge in [-0.15, -0.1) is 11.3 Å².